The van der Waals surface area contributed by atoms with Crippen molar-refractivity contribution >= 4 is 22.5 Å². The molecule has 0 atom stereocenters. The second-order valence-corrected chi connectivity index (χ2v) is 7.19. The van der Waals surface area contributed by atoms with E-state index in [1.165, 1.54) is 23.2 Å². The average molecular weight is 390 g/mol. The molecule has 0 aliphatic heterocycles. The fourth-order valence-corrected chi connectivity index (χ4v) is 3.23. The SMILES string of the molecule is CC(C)Nc1cc(NCCc2c[nH]c3ccccc23)nc(-c2cncc(F)c2)n1. The summed E-state index contributed by atoms with van der Waals surface area (Å²) in [4.78, 5) is 16.3. The molecule has 0 bridgehead atoms. The first kappa shape index (κ1) is 18.9. The van der Waals surface area contributed by atoms with Crippen molar-refractivity contribution in [1.82, 2.24) is 19.9 Å². The van der Waals surface area contributed by atoms with E-state index in [-0.39, 0.29) is 6.04 Å². The van der Waals surface area contributed by atoms with Gasteiger partial charge in [0.25, 0.3) is 0 Å². The maximum atomic E-state index is 13.6. The Balaban J connectivity index is 1.54. The Hall–Kier alpha value is -3.48. The number of nitrogens with one attached hydrogen (secondary N) is 3. The molecule has 4 rings (SSSR count). The van der Waals surface area contributed by atoms with Gasteiger partial charge in [0.1, 0.15) is 17.5 Å². The zero-order chi connectivity index (χ0) is 20.2. The largest absolute Gasteiger partial charge is 0.370 e. The number of anilines is 2. The lowest BCUT2D eigenvalue weighted by atomic mass is 10.1. The highest BCUT2D eigenvalue weighted by Crippen LogP contribution is 2.22. The number of benzene rings is 1. The molecule has 0 saturated heterocycles. The first-order chi connectivity index (χ1) is 14.1. The van der Waals surface area contributed by atoms with Gasteiger partial charge < -0.3 is 15.6 Å². The summed E-state index contributed by atoms with van der Waals surface area (Å²) in [5.74, 6) is 1.38. The number of hydrogen-bond acceptors (Lipinski definition) is 5. The minimum Gasteiger partial charge on any atom is -0.370 e. The van der Waals surface area contributed by atoms with Crippen LogP contribution in [-0.4, -0.2) is 32.5 Å². The van der Waals surface area contributed by atoms with Gasteiger partial charge in [-0.3, -0.25) is 4.98 Å². The van der Waals surface area contributed by atoms with Crippen molar-refractivity contribution in [2.75, 3.05) is 17.2 Å². The fraction of sp³-hybridized carbons (Fsp3) is 0.227. The lowest BCUT2D eigenvalue weighted by Gasteiger charge is -2.13. The van der Waals surface area contributed by atoms with E-state index in [0.29, 0.717) is 29.6 Å². The number of nitrogens with zero attached hydrogens (tertiary/aromatic N) is 3. The standard InChI is InChI=1S/C22H23FN6/c1-14(2)27-21-10-20(28-22(29-21)16-9-17(23)13-24-11-16)25-8-7-15-12-26-19-6-4-3-5-18(15)19/h3-6,9-14,26H,7-8H2,1-2H3,(H2,25,27,28,29). The first-order valence-corrected chi connectivity index (χ1v) is 9.64. The van der Waals surface area contributed by atoms with E-state index in [9.17, 15) is 4.39 Å². The monoisotopic (exact) mass is 390 g/mol. The van der Waals surface area contributed by atoms with Crippen LogP contribution < -0.4 is 10.6 Å². The molecule has 3 heterocycles. The van der Waals surface area contributed by atoms with Gasteiger partial charge in [-0.25, -0.2) is 14.4 Å². The Morgan fingerprint density at radius 1 is 1.07 bits per heavy atom. The minimum absolute atomic E-state index is 0.211. The zero-order valence-corrected chi connectivity index (χ0v) is 16.4. The number of rotatable bonds is 7. The van der Waals surface area contributed by atoms with E-state index in [4.69, 9.17) is 0 Å². The molecule has 0 radical (unpaired) electrons. The summed E-state index contributed by atoms with van der Waals surface area (Å²) in [6.45, 7) is 4.78. The predicted molar refractivity (Wildman–Crippen MR) is 114 cm³/mol. The maximum Gasteiger partial charge on any atom is 0.165 e. The molecule has 3 aromatic heterocycles. The van der Waals surface area contributed by atoms with E-state index in [2.05, 4.69) is 42.7 Å². The second-order valence-electron chi connectivity index (χ2n) is 7.19. The Morgan fingerprint density at radius 2 is 1.90 bits per heavy atom. The highest BCUT2D eigenvalue weighted by molar-refractivity contribution is 5.83. The van der Waals surface area contributed by atoms with Crippen LogP contribution in [0.15, 0.2) is 55.0 Å². The summed E-state index contributed by atoms with van der Waals surface area (Å²) in [5.41, 5.74) is 2.92. The van der Waals surface area contributed by atoms with Gasteiger partial charge in [0.05, 0.1) is 6.20 Å². The van der Waals surface area contributed by atoms with Gasteiger partial charge in [0.15, 0.2) is 5.82 Å². The number of fused-ring (bicyclic) bond motifs is 1. The van der Waals surface area contributed by atoms with E-state index in [1.54, 1.807) is 6.20 Å². The fourth-order valence-electron chi connectivity index (χ4n) is 3.23. The first-order valence-electron chi connectivity index (χ1n) is 9.64. The Bertz CT molecular complexity index is 1120. The van der Waals surface area contributed by atoms with Crippen LogP contribution in [0.3, 0.4) is 0 Å². The number of hydrogen-bond donors (Lipinski definition) is 3. The number of aromatic amines is 1. The number of para-hydroxylation sites is 1. The topological polar surface area (TPSA) is 78.5 Å². The maximum absolute atomic E-state index is 13.6. The minimum atomic E-state index is -0.415. The molecular weight excluding hydrogens is 367 g/mol. The normalized spacial score (nSPS) is 11.2. The molecule has 29 heavy (non-hydrogen) atoms. The molecule has 3 N–H and O–H groups in total. The van der Waals surface area contributed by atoms with Gasteiger partial charge in [-0.15, -0.1) is 0 Å². The third-order valence-electron chi connectivity index (χ3n) is 4.50. The lowest BCUT2D eigenvalue weighted by Crippen LogP contribution is -2.13. The van der Waals surface area contributed by atoms with Crippen molar-refractivity contribution in [3.63, 3.8) is 0 Å². The summed E-state index contributed by atoms with van der Waals surface area (Å²) >= 11 is 0. The Morgan fingerprint density at radius 3 is 2.72 bits per heavy atom. The third kappa shape index (κ3) is 4.51. The van der Waals surface area contributed by atoms with Crippen LogP contribution in [0.2, 0.25) is 0 Å². The van der Waals surface area contributed by atoms with E-state index in [1.807, 2.05) is 38.2 Å². The van der Waals surface area contributed by atoms with Crippen molar-refractivity contribution in [2.45, 2.75) is 26.3 Å². The molecule has 0 fully saturated rings. The van der Waals surface area contributed by atoms with Crippen LogP contribution in [0.4, 0.5) is 16.0 Å². The van der Waals surface area contributed by atoms with E-state index in [0.717, 1.165) is 11.9 Å². The Kier molecular flexibility index (Phi) is 5.37. The quantitative estimate of drug-likeness (QED) is 0.429. The van der Waals surface area contributed by atoms with Crippen LogP contribution in [-0.2, 0) is 6.42 Å². The average Bonchev–Trinajstić information content (AvgIpc) is 3.11. The van der Waals surface area contributed by atoms with Crippen LogP contribution in [0.25, 0.3) is 22.3 Å². The lowest BCUT2D eigenvalue weighted by molar-refractivity contribution is 0.622. The van der Waals surface area contributed by atoms with Crippen molar-refractivity contribution in [1.29, 1.82) is 0 Å². The van der Waals surface area contributed by atoms with Crippen LogP contribution in [0, 0.1) is 5.82 Å². The number of pyridine rings is 1. The smallest absolute Gasteiger partial charge is 0.165 e. The molecule has 4 aromatic rings. The molecule has 7 heteroatoms. The van der Waals surface area contributed by atoms with Crippen LogP contribution in [0.1, 0.15) is 19.4 Å². The molecule has 0 aliphatic carbocycles. The predicted octanol–water partition coefficient (Wildman–Crippen LogP) is 4.63. The molecule has 148 valence electrons. The van der Waals surface area contributed by atoms with Crippen molar-refractivity contribution in [2.24, 2.45) is 0 Å². The second kappa shape index (κ2) is 8.26. The summed E-state index contributed by atoms with van der Waals surface area (Å²) in [6, 6.07) is 11.7. The summed E-state index contributed by atoms with van der Waals surface area (Å²) in [5, 5.41) is 7.88. The molecule has 6 nitrogen and oxygen atoms in total. The van der Waals surface area contributed by atoms with Gasteiger partial charge in [-0.1, -0.05) is 18.2 Å². The van der Waals surface area contributed by atoms with Gasteiger partial charge in [-0.2, -0.15) is 0 Å². The highest BCUT2D eigenvalue weighted by Gasteiger charge is 2.10. The van der Waals surface area contributed by atoms with E-state index >= 15 is 0 Å². The van der Waals surface area contributed by atoms with Gasteiger partial charge in [0, 0.05) is 47.5 Å². The summed E-state index contributed by atoms with van der Waals surface area (Å²) in [7, 11) is 0. The molecular formula is C22H23FN6. The number of H-pyrrole nitrogens is 1. The molecule has 0 amide bonds. The molecule has 0 spiro atoms. The van der Waals surface area contributed by atoms with E-state index < -0.39 is 5.82 Å². The molecule has 1 aromatic carbocycles. The molecule has 0 unspecified atom stereocenters. The van der Waals surface area contributed by atoms with Crippen LogP contribution >= 0.6 is 0 Å². The van der Waals surface area contributed by atoms with Gasteiger partial charge in [0.2, 0.25) is 0 Å². The molecule has 0 saturated carbocycles. The summed E-state index contributed by atoms with van der Waals surface area (Å²) < 4.78 is 13.6. The van der Waals surface area contributed by atoms with Crippen molar-refractivity contribution in [3.05, 3.63) is 66.4 Å². The van der Waals surface area contributed by atoms with Crippen molar-refractivity contribution in [3.8, 4) is 11.4 Å². The number of aromatic nitrogens is 4. The van der Waals surface area contributed by atoms with Crippen molar-refractivity contribution < 1.29 is 4.39 Å². The molecule has 0 aliphatic rings. The zero-order valence-electron chi connectivity index (χ0n) is 16.4. The summed E-state index contributed by atoms with van der Waals surface area (Å²) in [6.07, 6.45) is 5.62. The number of halogens is 1. The Labute approximate surface area is 168 Å². The van der Waals surface area contributed by atoms with Crippen LogP contribution in [0.5, 0.6) is 0 Å². The third-order valence-corrected chi connectivity index (χ3v) is 4.50. The van der Waals surface area contributed by atoms with Gasteiger partial charge in [-0.05, 0) is 38.0 Å². The highest BCUT2D eigenvalue weighted by atomic mass is 19.1. The van der Waals surface area contributed by atoms with Gasteiger partial charge >= 0.3 is 0 Å².